The average Bonchev–Trinajstić information content (AvgIpc) is 3.01. The van der Waals surface area contributed by atoms with E-state index in [0.29, 0.717) is 22.9 Å². The summed E-state index contributed by atoms with van der Waals surface area (Å²) >= 11 is 6.34. The minimum atomic E-state index is -0.328. The summed E-state index contributed by atoms with van der Waals surface area (Å²) in [6.07, 6.45) is 1.63. The molecule has 0 fully saturated rings. The van der Waals surface area contributed by atoms with E-state index in [2.05, 4.69) is 10.5 Å². The van der Waals surface area contributed by atoms with Crippen LogP contribution in [0.1, 0.15) is 21.5 Å². The molecule has 0 spiro atoms. The Balaban J connectivity index is 1.32. The van der Waals surface area contributed by atoms with Crippen molar-refractivity contribution in [2.75, 3.05) is 0 Å². The number of nitrogens with one attached hydrogen (secondary N) is 1. The first-order valence-corrected chi connectivity index (χ1v) is 13.2. The smallest absolute Gasteiger partial charge is 0.272 e. The first kappa shape index (κ1) is 25.3. The second-order valence-electron chi connectivity index (χ2n) is 9.22. The number of nitrogens with zero attached hydrogens (tertiary/aromatic N) is 2. The fourth-order valence-corrected chi connectivity index (χ4v) is 4.83. The number of amides is 1. The average molecular weight is 542 g/mol. The molecule has 6 heteroatoms. The van der Waals surface area contributed by atoms with Crippen LogP contribution in [0.25, 0.3) is 32.9 Å². The summed E-state index contributed by atoms with van der Waals surface area (Å²) in [6, 6.07) is 38.7. The Morgan fingerprint density at radius 3 is 2.40 bits per heavy atom. The van der Waals surface area contributed by atoms with Crippen LogP contribution in [0, 0.1) is 0 Å². The number of hydrogen-bond donors (Lipinski definition) is 1. The second-order valence-corrected chi connectivity index (χ2v) is 9.62. The molecule has 0 aliphatic heterocycles. The molecule has 6 aromatic rings. The minimum absolute atomic E-state index is 0.302. The van der Waals surface area contributed by atoms with E-state index in [1.807, 2.05) is 115 Å². The molecule has 1 N–H and O–H groups in total. The molecule has 1 aromatic heterocycles. The number of rotatable bonds is 7. The monoisotopic (exact) mass is 541 g/mol. The van der Waals surface area contributed by atoms with Crippen LogP contribution in [0.5, 0.6) is 5.75 Å². The number of para-hydroxylation sites is 1. The number of halogens is 1. The highest BCUT2D eigenvalue weighted by molar-refractivity contribution is 6.31. The summed E-state index contributed by atoms with van der Waals surface area (Å²) in [5, 5.41) is 7.75. The molecule has 1 amide bonds. The maximum Gasteiger partial charge on any atom is 0.272 e. The lowest BCUT2D eigenvalue weighted by Gasteiger charge is -2.13. The highest BCUT2D eigenvalue weighted by Gasteiger charge is 2.14. The molecule has 0 atom stereocenters. The molecule has 0 unspecified atom stereocenters. The van der Waals surface area contributed by atoms with Crippen LogP contribution in [-0.2, 0) is 6.61 Å². The van der Waals surface area contributed by atoms with E-state index in [1.54, 1.807) is 12.3 Å². The lowest BCUT2D eigenvalue weighted by Crippen LogP contribution is -2.18. The number of hydrogen-bond acceptors (Lipinski definition) is 4. The van der Waals surface area contributed by atoms with Gasteiger partial charge in [-0.15, -0.1) is 0 Å². The number of fused-ring (bicyclic) bond motifs is 2. The van der Waals surface area contributed by atoms with Crippen LogP contribution in [0.4, 0.5) is 0 Å². The fourth-order valence-electron chi connectivity index (χ4n) is 4.64. The van der Waals surface area contributed by atoms with Crippen LogP contribution in [0.3, 0.4) is 0 Å². The van der Waals surface area contributed by atoms with Crippen LogP contribution in [0.2, 0.25) is 5.02 Å². The number of aromatic nitrogens is 1. The number of carbonyl (C=O) groups excluding carboxylic acids is 1. The van der Waals surface area contributed by atoms with E-state index in [1.165, 1.54) is 0 Å². The Bertz CT molecular complexity index is 1870. The normalized spacial score (nSPS) is 11.2. The van der Waals surface area contributed by atoms with E-state index in [9.17, 15) is 4.79 Å². The molecule has 0 aliphatic rings. The van der Waals surface area contributed by atoms with E-state index in [4.69, 9.17) is 21.3 Å². The number of ether oxygens (including phenoxy) is 1. The fraction of sp³-hybridized carbons (Fsp3) is 0.0294. The molecule has 194 valence electrons. The van der Waals surface area contributed by atoms with Gasteiger partial charge in [0.15, 0.2) is 0 Å². The summed E-state index contributed by atoms with van der Waals surface area (Å²) < 4.78 is 6.18. The van der Waals surface area contributed by atoms with Gasteiger partial charge in [-0.2, -0.15) is 5.10 Å². The zero-order valence-electron chi connectivity index (χ0n) is 21.4. The van der Waals surface area contributed by atoms with Crippen molar-refractivity contribution in [2.24, 2.45) is 5.10 Å². The number of pyridine rings is 1. The van der Waals surface area contributed by atoms with Gasteiger partial charge in [-0.05, 0) is 35.0 Å². The standard InChI is InChI=1S/C34H24ClN3O2/c35-30-16-8-5-13-25(30)22-40-33-19-18-23-10-4-6-14-26(23)29(33)21-36-38-34(39)28-20-32(24-11-2-1-3-12-24)37-31-17-9-7-15-27(28)31/h1-21H,22H2,(H,38,39)/b36-21-. The molecule has 0 aliphatic carbocycles. The van der Waals surface area contributed by atoms with Crippen molar-refractivity contribution < 1.29 is 9.53 Å². The van der Waals surface area contributed by atoms with Gasteiger partial charge in [0.1, 0.15) is 12.4 Å². The second kappa shape index (κ2) is 11.4. The van der Waals surface area contributed by atoms with Gasteiger partial charge in [-0.1, -0.05) is 109 Å². The Morgan fingerprint density at radius 1 is 0.825 bits per heavy atom. The topological polar surface area (TPSA) is 63.6 Å². The number of hydrazone groups is 1. The van der Waals surface area contributed by atoms with E-state index in [0.717, 1.165) is 44.1 Å². The zero-order valence-corrected chi connectivity index (χ0v) is 22.2. The van der Waals surface area contributed by atoms with Crippen molar-refractivity contribution in [3.63, 3.8) is 0 Å². The number of benzene rings is 5. The molecule has 0 saturated carbocycles. The molecule has 5 aromatic carbocycles. The van der Waals surface area contributed by atoms with E-state index < -0.39 is 0 Å². The first-order chi connectivity index (χ1) is 19.7. The number of carbonyl (C=O) groups is 1. The van der Waals surface area contributed by atoms with Gasteiger partial charge < -0.3 is 4.74 Å². The van der Waals surface area contributed by atoms with Gasteiger partial charge in [0.05, 0.1) is 23.0 Å². The van der Waals surface area contributed by atoms with Crippen LogP contribution in [-0.4, -0.2) is 17.1 Å². The van der Waals surface area contributed by atoms with Crippen molar-refractivity contribution in [3.8, 4) is 17.0 Å². The molecular formula is C34H24ClN3O2. The van der Waals surface area contributed by atoms with E-state index >= 15 is 0 Å². The third-order valence-corrected chi connectivity index (χ3v) is 7.03. The zero-order chi connectivity index (χ0) is 27.3. The minimum Gasteiger partial charge on any atom is -0.488 e. The molecular weight excluding hydrogens is 518 g/mol. The Morgan fingerprint density at radius 2 is 1.55 bits per heavy atom. The van der Waals surface area contributed by atoms with Gasteiger partial charge in [-0.25, -0.2) is 10.4 Å². The van der Waals surface area contributed by atoms with Crippen molar-refractivity contribution in [1.29, 1.82) is 0 Å². The highest BCUT2D eigenvalue weighted by atomic mass is 35.5. The summed E-state index contributed by atoms with van der Waals surface area (Å²) in [5.74, 6) is 0.308. The Hall–Kier alpha value is -5.00. The summed E-state index contributed by atoms with van der Waals surface area (Å²) in [4.78, 5) is 18.2. The highest BCUT2D eigenvalue weighted by Crippen LogP contribution is 2.29. The summed E-state index contributed by atoms with van der Waals surface area (Å²) in [6.45, 7) is 0.302. The maximum atomic E-state index is 13.4. The van der Waals surface area contributed by atoms with Crippen molar-refractivity contribution in [1.82, 2.24) is 10.4 Å². The predicted octanol–water partition coefficient (Wildman–Crippen LogP) is 8.05. The maximum absolute atomic E-state index is 13.4. The lowest BCUT2D eigenvalue weighted by atomic mass is 10.0. The van der Waals surface area contributed by atoms with Crippen LogP contribution >= 0.6 is 11.6 Å². The third-order valence-electron chi connectivity index (χ3n) is 6.66. The Kier molecular flexibility index (Phi) is 7.20. The van der Waals surface area contributed by atoms with Crippen LogP contribution < -0.4 is 10.2 Å². The lowest BCUT2D eigenvalue weighted by molar-refractivity contribution is 0.0956. The Labute approximate surface area is 236 Å². The molecule has 0 saturated heterocycles. The van der Waals surface area contributed by atoms with Gasteiger partial charge in [-0.3, -0.25) is 4.79 Å². The van der Waals surface area contributed by atoms with Crippen molar-refractivity contribution in [2.45, 2.75) is 6.61 Å². The molecule has 6 rings (SSSR count). The van der Waals surface area contributed by atoms with Crippen molar-refractivity contribution >= 4 is 45.4 Å². The predicted molar refractivity (Wildman–Crippen MR) is 162 cm³/mol. The molecule has 1 heterocycles. The van der Waals surface area contributed by atoms with Gasteiger partial charge in [0.25, 0.3) is 5.91 Å². The van der Waals surface area contributed by atoms with E-state index in [-0.39, 0.29) is 5.91 Å². The van der Waals surface area contributed by atoms with Gasteiger partial charge >= 0.3 is 0 Å². The third kappa shape index (κ3) is 5.28. The molecule has 40 heavy (non-hydrogen) atoms. The van der Waals surface area contributed by atoms with Gasteiger partial charge in [0.2, 0.25) is 0 Å². The van der Waals surface area contributed by atoms with Crippen molar-refractivity contribution in [3.05, 3.63) is 143 Å². The largest absolute Gasteiger partial charge is 0.488 e. The molecule has 5 nitrogen and oxygen atoms in total. The molecule has 0 radical (unpaired) electrons. The van der Waals surface area contributed by atoms with Crippen LogP contribution in [0.15, 0.2) is 126 Å². The van der Waals surface area contributed by atoms with Gasteiger partial charge in [0, 0.05) is 27.1 Å². The first-order valence-electron chi connectivity index (χ1n) is 12.8. The molecule has 0 bridgehead atoms. The quantitative estimate of drug-likeness (QED) is 0.164. The summed E-state index contributed by atoms with van der Waals surface area (Å²) in [7, 11) is 0. The SMILES string of the molecule is O=C(N/N=C\c1c(OCc2ccccc2Cl)ccc2ccccc12)c1cc(-c2ccccc2)nc2ccccc12. The summed E-state index contributed by atoms with van der Waals surface area (Å²) in [5.41, 5.74) is 7.25.